The number of furan rings is 1. The Balaban J connectivity index is 1.31. The molecule has 1 aliphatic rings. The van der Waals surface area contributed by atoms with Gasteiger partial charge in [-0.3, -0.25) is 20.0 Å². The van der Waals surface area contributed by atoms with Crippen LogP contribution in [0.4, 0.5) is 5.69 Å². The van der Waals surface area contributed by atoms with Crippen molar-refractivity contribution in [3.8, 4) is 22.7 Å². The van der Waals surface area contributed by atoms with Gasteiger partial charge in [0.05, 0.1) is 22.7 Å². The Hall–Kier alpha value is -3.62. The van der Waals surface area contributed by atoms with Gasteiger partial charge in [-0.25, -0.2) is 9.97 Å². The van der Waals surface area contributed by atoms with Crippen molar-refractivity contribution >= 4 is 17.3 Å². The van der Waals surface area contributed by atoms with Gasteiger partial charge in [0.15, 0.2) is 5.82 Å². The van der Waals surface area contributed by atoms with Crippen molar-refractivity contribution in [2.45, 2.75) is 19.5 Å². The highest BCUT2D eigenvalue weighted by atomic mass is 35.5. The Morgan fingerprint density at radius 3 is 2.81 bits per heavy atom. The monoisotopic (exact) mass is 447 g/mol. The average molecular weight is 448 g/mol. The summed E-state index contributed by atoms with van der Waals surface area (Å²) in [5.74, 6) is 1.90. The van der Waals surface area contributed by atoms with Crippen molar-refractivity contribution in [3.05, 3.63) is 93.2 Å². The summed E-state index contributed by atoms with van der Waals surface area (Å²) < 4.78 is 5.94. The fourth-order valence-electron chi connectivity index (χ4n) is 3.84. The van der Waals surface area contributed by atoms with Crippen molar-refractivity contribution in [1.82, 2.24) is 19.9 Å². The predicted molar refractivity (Wildman–Crippen MR) is 119 cm³/mol. The van der Waals surface area contributed by atoms with E-state index in [1.54, 1.807) is 30.6 Å². The van der Waals surface area contributed by atoms with Gasteiger partial charge in [-0.15, -0.1) is 0 Å². The highest BCUT2D eigenvalue weighted by Crippen LogP contribution is 2.34. The van der Waals surface area contributed by atoms with Crippen LogP contribution in [0.25, 0.3) is 22.7 Å². The molecule has 5 rings (SSSR count). The molecule has 0 radical (unpaired) electrons. The number of pyridine rings is 1. The molecular formula is C23H18ClN5O3. The summed E-state index contributed by atoms with van der Waals surface area (Å²) >= 11 is 5.91. The summed E-state index contributed by atoms with van der Waals surface area (Å²) in [6, 6.07) is 12.0. The van der Waals surface area contributed by atoms with Gasteiger partial charge < -0.3 is 4.42 Å². The van der Waals surface area contributed by atoms with Gasteiger partial charge in [0, 0.05) is 60.3 Å². The molecule has 9 heteroatoms. The quantitative estimate of drug-likeness (QED) is 0.316. The molecule has 4 heterocycles. The third kappa shape index (κ3) is 4.10. The van der Waals surface area contributed by atoms with Crippen molar-refractivity contribution in [3.63, 3.8) is 0 Å². The van der Waals surface area contributed by atoms with Crippen LogP contribution < -0.4 is 0 Å². The molecule has 0 bridgehead atoms. The molecule has 1 aromatic carbocycles. The highest BCUT2D eigenvalue weighted by Gasteiger charge is 2.22. The normalized spacial score (nSPS) is 13.7. The SMILES string of the molecule is O=[N+]([O-])c1cc(Cl)ccc1-c1ccc(CN2CCc3nc(-c4ccncc4)ncc3C2)o1. The highest BCUT2D eigenvalue weighted by molar-refractivity contribution is 6.30. The molecule has 0 saturated heterocycles. The number of nitro benzene ring substituents is 1. The minimum absolute atomic E-state index is 0.0764. The second-order valence-corrected chi connectivity index (χ2v) is 7.98. The summed E-state index contributed by atoms with van der Waals surface area (Å²) in [4.78, 5) is 26.5. The molecule has 32 heavy (non-hydrogen) atoms. The zero-order valence-corrected chi connectivity index (χ0v) is 17.7. The number of halogens is 1. The number of hydrogen-bond acceptors (Lipinski definition) is 7. The zero-order valence-electron chi connectivity index (χ0n) is 16.9. The molecule has 8 nitrogen and oxygen atoms in total. The van der Waals surface area contributed by atoms with E-state index in [-0.39, 0.29) is 5.69 Å². The van der Waals surface area contributed by atoms with E-state index in [0.29, 0.717) is 35.3 Å². The first kappa shape index (κ1) is 20.3. The third-order valence-electron chi connectivity index (χ3n) is 5.41. The largest absolute Gasteiger partial charge is 0.459 e. The molecule has 0 atom stereocenters. The van der Waals surface area contributed by atoms with E-state index in [2.05, 4.69) is 14.9 Å². The predicted octanol–water partition coefficient (Wildman–Crippen LogP) is 4.92. The molecular weight excluding hydrogens is 430 g/mol. The topological polar surface area (TPSA) is 98.2 Å². The number of benzene rings is 1. The van der Waals surface area contributed by atoms with E-state index >= 15 is 0 Å². The first-order valence-electron chi connectivity index (χ1n) is 10.1. The zero-order chi connectivity index (χ0) is 22.1. The lowest BCUT2D eigenvalue weighted by Crippen LogP contribution is -2.30. The molecule has 160 valence electrons. The maximum absolute atomic E-state index is 11.4. The minimum Gasteiger partial charge on any atom is -0.459 e. The van der Waals surface area contributed by atoms with Crippen molar-refractivity contribution in [2.24, 2.45) is 0 Å². The maximum Gasteiger partial charge on any atom is 0.281 e. The van der Waals surface area contributed by atoms with Crippen LogP contribution in [0.2, 0.25) is 5.02 Å². The summed E-state index contributed by atoms with van der Waals surface area (Å²) in [5, 5.41) is 11.7. The molecule has 0 aliphatic carbocycles. The van der Waals surface area contributed by atoms with E-state index in [0.717, 1.165) is 35.5 Å². The summed E-state index contributed by atoms with van der Waals surface area (Å²) in [6.45, 7) is 2.13. The maximum atomic E-state index is 11.4. The summed E-state index contributed by atoms with van der Waals surface area (Å²) in [5.41, 5.74) is 3.43. The van der Waals surface area contributed by atoms with Crippen LogP contribution in [0, 0.1) is 10.1 Å². The average Bonchev–Trinajstić information content (AvgIpc) is 3.27. The van der Waals surface area contributed by atoms with Crippen molar-refractivity contribution in [2.75, 3.05) is 6.54 Å². The van der Waals surface area contributed by atoms with E-state index in [9.17, 15) is 10.1 Å². The minimum atomic E-state index is -0.453. The Morgan fingerprint density at radius 1 is 1.16 bits per heavy atom. The van der Waals surface area contributed by atoms with Gasteiger partial charge in [0.1, 0.15) is 11.5 Å². The molecule has 1 aliphatic heterocycles. The summed E-state index contributed by atoms with van der Waals surface area (Å²) in [6.07, 6.45) is 6.16. The smallest absolute Gasteiger partial charge is 0.281 e. The first-order valence-corrected chi connectivity index (χ1v) is 10.5. The van der Waals surface area contributed by atoms with Crippen molar-refractivity contribution < 1.29 is 9.34 Å². The molecule has 0 saturated carbocycles. The van der Waals surface area contributed by atoms with Crippen molar-refractivity contribution in [1.29, 1.82) is 0 Å². The number of nitrogens with zero attached hydrogens (tertiary/aromatic N) is 5. The molecule has 0 N–H and O–H groups in total. The first-order chi connectivity index (χ1) is 15.6. The number of rotatable bonds is 5. The Bertz CT molecular complexity index is 1290. The second kappa shape index (κ2) is 8.49. The standard InChI is InChI=1S/C23H18ClN5O3/c24-17-1-3-19(21(11-17)29(30)31)22-4-2-18(32-22)14-28-10-7-20-16(13-28)12-26-23(27-20)15-5-8-25-9-6-15/h1-6,8-9,11-12H,7,10,13-14H2. The Labute approximate surface area is 188 Å². The molecule has 0 unspecified atom stereocenters. The fourth-order valence-corrected chi connectivity index (χ4v) is 4.01. The number of aromatic nitrogens is 3. The number of fused-ring (bicyclic) bond motifs is 1. The van der Waals surface area contributed by atoms with Gasteiger partial charge in [0.2, 0.25) is 0 Å². The van der Waals surface area contributed by atoms with Crippen LogP contribution in [0.5, 0.6) is 0 Å². The van der Waals surface area contributed by atoms with E-state index < -0.39 is 4.92 Å². The lowest BCUT2D eigenvalue weighted by atomic mass is 10.1. The summed E-state index contributed by atoms with van der Waals surface area (Å²) in [7, 11) is 0. The number of hydrogen-bond donors (Lipinski definition) is 0. The van der Waals surface area contributed by atoms with Gasteiger partial charge in [-0.1, -0.05) is 11.6 Å². The van der Waals surface area contributed by atoms with E-state index in [1.807, 2.05) is 24.4 Å². The third-order valence-corrected chi connectivity index (χ3v) is 5.65. The van der Waals surface area contributed by atoms with Gasteiger partial charge in [0.25, 0.3) is 5.69 Å². The lowest BCUT2D eigenvalue weighted by molar-refractivity contribution is -0.384. The Morgan fingerprint density at radius 2 is 2.00 bits per heavy atom. The van der Waals surface area contributed by atoms with Crippen LogP contribution in [0.3, 0.4) is 0 Å². The van der Waals surface area contributed by atoms with Crippen LogP contribution >= 0.6 is 11.6 Å². The van der Waals surface area contributed by atoms with Crippen LogP contribution in [-0.4, -0.2) is 31.3 Å². The Kier molecular flexibility index (Phi) is 5.38. The van der Waals surface area contributed by atoms with Gasteiger partial charge >= 0.3 is 0 Å². The lowest BCUT2D eigenvalue weighted by Gasteiger charge is -2.27. The molecule has 0 spiro atoms. The fraction of sp³-hybridized carbons (Fsp3) is 0.174. The van der Waals surface area contributed by atoms with Gasteiger partial charge in [-0.05, 0) is 36.4 Å². The van der Waals surface area contributed by atoms with Crippen LogP contribution in [0.15, 0.2) is 65.5 Å². The molecule has 0 fully saturated rings. The second-order valence-electron chi connectivity index (χ2n) is 7.55. The van der Waals surface area contributed by atoms with Crippen LogP contribution in [0.1, 0.15) is 17.0 Å². The number of nitro groups is 1. The molecule has 0 amide bonds. The van der Waals surface area contributed by atoms with Crippen LogP contribution in [-0.2, 0) is 19.5 Å². The molecule has 4 aromatic rings. The van der Waals surface area contributed by atoms with E-state index in [4.69, 9.17) is 21.0 Å². The van der Waals surface area contributed by atoms with E-state index in [1.165, 1.54) is 6.07 Å². The molecule has 3 aromatic heterocycles. The van der Waals surface area contributed by atoms with Gasteiger partial charge in [-0.2, -0.15) is 0 Å².